The lowest BCUT2D eigenvalue weighted by Crippen LogP contribution is -2.40. The minimum atomic E-state index is -0.122. The number of hydrogen-bond acceptors (Lipinski definition) is 3. The van der Waals surface area contributed by atoms with Crippen LogP contribution in [0.5, 0.6) is 0 Å². The van der Waals surface area contributed by atoms with E-state index in [9.17, 15) is 0 Å². The van der Waals surface area contributed by atoms with Crippen LogP contribution in [-0.4, -0.2) is 9.13 Å². The first-order chi connectivity index (χ1) is 25.3. The summed E-state index contributed by atoms with van der Waals surface area (Å²) in [6.45, 7) is 0. The maximum Gasteiger partial charge on any atom is 0.145 e. The standard InChI is InChI=1S/C46H32N4O/c1-4-14-29(15-5-1)36-28-41(48-46(47-36)30-16-6-2-7-17-30)50-39-26-24-33-32-20-11-13-23-40(32)51-45(33)43(39)35-25-27-38-42(44(35)50)34-21-10-12-22-37(34)49(38)31-18-8-3-9-19-31/h1-28,36,46-48H. The third kappa shape index (κ3) is 4.19. The zero-order valence-electron chi connectivity index (χ0n) is 27.6. The van der Waals surface area contributed by atoms with E-state index in [2.05, 4.69) is 184 Å². The summed E-state index contributed by atoms with van der Waals surface area (Å²) in [7, 11) is 0. The van der Waals surface area contributed by atoms with Crippen LogP contribution in [0, 0.1) is 0 Å². The number of fused-ring (bicyclic) bond motifs is 11. The number of hydrogen-bond donors (Lipinski definition) is 2. The molecule has 0 spiro atoms. The molecule has 2 atom stereocenters. The minimum Gasteiger partial charge on any atom is -0.455 e. The highest BCUT2D eigenvalue weighted by atomic mass is 16.3. The number of rotatable bonds is 4. The Morgan fingerprint density at radius 2 is 1.10 bits per heavy atom. The van der Waals surface area contributed by atoms with Crippen molar-refractivity contribution >= 4 is 71.4 Å². The van der Waals surface area contributed by atoms with Gasteiger partial charge in [0.2, 0.25) is 0 Å². The van der Waals surface area contributed by atoms with Crippen LogP contribution < -0.4 is 10.6 Å². The monoisotopic (exact) mass is 656 g/mol. The number of nitrogens with zero attached hydrogens (tertiary/aromatic N) is 2. The number of benzene rings is 7. The van der Waals surface area contributed by atoms with Crippen LogP contribution in [-0.2, 0) is 0 Å². The molecule has 242 valence electrons. The lowest BCUT2D eigenvalue weighted by atomic mass is 10.0. The predicted molar refractivity (Wildman–Crippen MR) is 210 cm³/mol. The van der Waals surface area contributed by atoms with Crippen molar-refractivity contribution in [3.8, 4) is 5.69 Å². The van der Waals surface area contributed by atoms with Gasteiger partial charge in [-0.1, -0.05) is 115 Å². The van der Waals surface area contributed by atoms with E-state index in [0.717, 1.165) is 60.8 Å². The zero-order valence-corrected chi connectivity index (χ0v) is 27.6. The molecule has 4 heterocycles. The lowest BCUT2D eigenvalue weighted by Gasteiger charge is -2.33. The van der Waals surface area contributed by atoms with Gasteiger partial charge in [0.1, 0.15) is 23.2 Å². The molecule has 0 radical (unpaired) electrons. The van der Waals surface area contributed by atoms with Gasteiger partial charge in [-0.3, -0.25) is 9.88 Å². The summed E-state index contributed by atoms with van der Waals surface area (Å²) in [6, 6.07) is 58.3. The Labute approximate surface area is 293 Å². The number of furan rings is 1. The molecule has 2 N–H and O–H groups in total. The third-order valence-electron chi connectivity index (χ3n) is 10.6. The summed E-state index contributed by atoms with van der Waals surface area (Å²) >= 11 is 0. The van der Waals surface area contributed by atoms with Gasteiger partial charge in [-0.25, -0.2) is 0 Å². The Morgan fingerprint density at radius 3 is 1.88 bits per heavy atom. The van der Waals surface area contributed by atoms with Crippen LogP contribution in [0.1, 0.15) is 23.3 Å². The van der Waals surface area contributed by atoms with Crippen LogP contribution in [0.3, 0.4) is 0 Å². The molecule has 3 aromatic heterocycles. The number of nitrogens with one attached hydrogen (secondary N) is 2. The summed E-state index contributed by atoms with van der Waals surface area (Å²) < 4.78 is 11.6. The van der Waals surface area contributed by atoms with E-state index in [0.29, 0.717) is 0 Å². The lowest BCUT2D eigenvalue weighted by molar-refractivity contribution is 0.435. The van der Waals surface area contributed by atoms with Gasteiger partial charge in [-0.15, -0.1) is 0 Å². The topological polar surface area (TPSA) is 47.1 Å². The molecule has 7 aromatic carbocycles. The molecule has 0 amide bonds. The molecule has 11 rings (SSSR count). The van der Waals surface area contributed by atoms with Gasteiger partial charge in [-0.05, 0) is 65.7 Å². The summed E-state index contributed by atoms with van der Waals surface area (Å²) in [5, 5.41) is 14.8. The first-order valence-corrected chi connectivity index (χ1v) is 17.5. The zero-order chi connectivity index (χ0) is 33.5. The Morgan fingerprint density at radius 1 is 0.471 bits per heavy atom. The third-order valence-corrected chi connectivity index (χ3v) is 10.6. The van der Waals surface area contributed by atoms with E-state index in [1.165, 1.54) is 27.4 Å². The highest BCUT2D eigenvalue weighted by Crippen LogP contribution is 2.46. The van der Waals surface area contributed by atoms with E-state index in [1.54, 1.807) is 0 Å². The van der Waals surface area contributed by atoms with Gasteiger partial charge in [0.25, 0.3) is 0 Å². The average Bonchev–Trinajstić information content (AvgIpc) is 3.86. The largest absolute Gasteiger partial charge is 0.455 e. The molecular formula is C46H32N4O. The first kappa shape index (κ1) is 28.3. The van der Waals surface area contributed by atoms with Crippen molar-refractivity contribution in [2.24, 2.45) is 0 Å². The van der Waals surface area contributed by atoms with Crippen molar-refractivity contribution in [1.82, 2.24) is 19.8 Å². The molecule has 1 aliphatic heterocycles. The highest BCUT2D eigenvalue weighted by molar-refractivity contribution is 6.31. The molecule has 2 unspecified atom stereocenters. The van der Waals surface area contributed by atoms with Crippen LogP contribution >= 0.6 is 0 Å². The molecule has 0 saturated heterocycles. The van der Waals surface area contributed by atoms with Crippen molar-refractivity contribution in [3.05, 3.63) is 181 Å². The number of para-hydroxylation sites is 3. The summed E-state index contributed by atoms with van der Waals surface area (Å²) in [5.41, 5.74) is 9.92. The molecular weight excluding hydrogens is 625 g/mol. The minimum absolute atomic E-state index is 0.0278. The molecule has 0 aliphatic carbocycles. The fourth-order valence-corrected chi connectivity index (χ4v) is 8.37. The molecule has 51 heavy (non-hydrogen) atoms. The van der Waals surface area contributed by atoms with Gasteiger partial charge in [0.05, 0.1) is 33.5 Å². The molecule has 0 fully saturated rings. The predicted octanol–water partition coefficient (Wildman–Crippen LogP) is 11.2. The quantitative estimate of drug-likeness (QED) is 0.198. The molecule has 0 saturated carbocycles. The Hall–Kier alpha value is -6.56. The van der Waals surface area contributed by atoms with Crippen molar-refractivity contribution < 1.29 is 4.42 Å². The summed E-state index contributed by atoms with van der Waals surface area (Å²) in [4.78, 5) is 0. The van der Waals surface area contributed by atoms with E-state index in [-0.39, 0.29) is 12.2 Å². The van der Waals surface area contributed by atoms with Crippen LogP contribution in [0.2, 0.25) is 0 Å². The molecule has 1 aliphatic rings. The van der Waals surface area contributed by atoms with Crippen molar-refractivity contribution in [1.29, 1.82) is 0 Å². The molecule has 5 nitrogen and oxygen atoms in total. The maximum atomic E-state index is 6.76. The number of aromatic nitrogens is 2. The van der Waals surface area contributed by atoms with Crippen molar-refractivity contribution in [2.45, 2.75) is 12.2 Å². The average molecular weight is 657 g/mol. The Kier molecular flexibility index (Phi) is 6.09. The van der Waals surface area contributed by atoms with Crippen LogP contribution in [0.25, 0.3) is 77.1 Å². The van der Waals surface area contributed by atoms with E-state index < -0.39 is 0 Å². The van der Waals surface area contributed by atoms with Crippen molar-refractivity contribution in [2.75, 3.05) is 0 Å². The maximum absolute atomic E-state index is 6.76. The van der Waals surface area contributed by atoms with E-state index in [4.69, 9.17) is 4.42 Å². The Bertz CT molecular complexity index is 2970. The SMILES string of the molecule is C1=C(n2c3ccc4c5ccccc5oc4c3c3ccc4c(c5ccccc5n4-c4ccccc4)c32)NC(c2ccccc2)NC1c1ccccc1. The van der Waals surface area contributed by atoms with Crippen molar-refractivity contribution in [3.63, 3.8) is 0 Å². The van der Waals surface area contributed by atoms with Gasteiger partial charge < -0.3 is 14.3 Å². The molecule has 5 heteroatoms. The summed E-state index contributed by atoms with van der Waals surface area (Å²) in [6.07, 6.45) is 2.22. The van der Waals surface area contributed by atoms with Crippen LogP contribution in [0.4, 0.5) is 0 Å². The Balaban J connectivity index is 1.30. The van der Waals surface area contributed by atoms with Gasteiger partial charge >= 0.3 is 0 Å². The fourth-order valence-electron chi connectivity index (χ4n) is 8.37. The molecule has 0 bridgehead atoms. The second-order valence-electron chi connectivity index (χ2n) is 13.4. The highest BCUT2D eigenvalue weighted by Gasteiger charge is 2.29. The van der Waals surface area contributed by atoms with Crippen LogP contribution in [0.15, 0.2) is 174 Å². The molecule has 10 aromatic rings. The smallest absolute Gasteiger partial charge is 0.145 e. The van der Waals surface area contributed by atoms with Gasteiger partial charge in [0, 0.05) is 32.6 Å². The summed E-state index contributed by atoms with van der Waals surface area (Å²) in [5.74, 6) is 1.02. The second kappa shape index (κ2) is 11.0. The van der Waals surface area contributed by atoms with E-state index >= 15 is 0 Å². The van der Waals surface area contributed by atoms with Gasteiger partial charge in [0.15, 0.2) is 0 Å². The first-order valence-electron chi connectivity index (χ1n) is 17.5. The van der Waals surface area contributed by atoms with E-state index in [1.807, 2.05) is 6.07 Å². The fraction of sp³-hybridized carbons (Fsp3) is 0.0435. The normalized spacial score (nSPS) is 16.4. The second-order valence-corrected chi connectivity index (χ2v) is 13.4. The van der Waals surface area contributed by atoms with Gasteiger partial charge in [-0.2, -0.15) is 0 Å².